The Balaban J connectivity index is 1.69. The van der Waals surface area contributed by atoms with Gasteiger partial charge in [-0.05, 0) is 23.8 Å². The highest BCUT2D eigenvalue weighted by Crippen LogP contribution is 2.08. The molecule has 2 amide bonds. The molecule has 2 rings (SSSR count). The third-order valence-electron chi connectivity index (χ3n) is 3.70. The molecular weight excluding hydrogens is 280 g/mol. The zero-order valence-corrected chi connectivity index (χ0v) is 12.7. The molecular formula is C16H22N4O2. The van der Waals surface area contributed by atoms with Crippen molar-refractivity contribution >= 4 is 11.8 Å². The lowest BCUT2D eigenvalue weighted by Gasteiger charge is -2.34. The summed E-state index contributed by atoms with van der Waals surface area (Å²) in [6.07, 6.45) is 5.14. The highest BCUT2D eigenvalue weighted by atomic mass is 16.2. The third kappa shape index (κ3) is 4.96. The first kappa shape index (κ1) is 16.2. The molecule has 0 unspecified atom stereocenters. The van der Waals surface area contributed by atoms with Gasteiger partial charge in [-0.15, -0.1) is 0 Å². The Hall–Kier alpha value is -2.21. The molecule has 1 aliphatic heterocycles. The van der Waals surface area contributed by atoms with Crippen molar-refractivity contribution in [1.82, 2.24) is 20.1 Å². The summed E-state index contributed by atoms with van der Waals surface area (Å²) < 4.78 is 0. The Morgan fingerprint density at radius 2 is 1.91 bits per heavy atom. The number of rotatable bonds is 6. The number of amides is 2. The van der Waals surface area contributed by atoms with Crippen molar-refractivity contribution in [2.75, 3.05) is 32.7 Å². The van der Waals surface area contributed by atoms with Gasteiger partial charge in [0.2, 0.25) is 11.8 Å². The lowest BCUT2D eigenvalue weighted by molar-refractivity contribution is -0.132. The quantitative estimate of drug-likeness (QED) is 0.774. The molecule has 0 radical (unpaired) electrons. The number of carbonyl (C=O) groups excluding carboxylic acids is 2. The maximum Gasteiger partial charge on any atom is 0.243 e. The van der Waals surface area contributed by atoms with E-state index >= 15 is 0 Å². The summed E-state index contributed by atoms with van der Waals surface area (Å²) >= 11 is 0. The van der Waals surface area contributed by atoms with Gasteiger partial charge in [-0.1, -0.05) is 6.58 Å². The zero-order valence-electron chi connectivity index (χ0n) is 12.7. The molecule has 0 aromatic carbocycles. The van der Waals surface area contributed by atoms with Gasteiger partial charge in [0.05, 0.1) is 0 Å². The van der Waals surface area contributed by atoms with Crippen LogP contribution in [0, 0.1) is 0 Å². The fourth-order valence-corrected chi connectivity index (χ4v) is 2.42. The van der Waals surface area contributed by atoms with E-state index < -0.39 is 0 Å². The van der Waals surface area contributed by atoms with Crippen LogP contribution >= 0.6 is 0 Å². The molecule has 118 valence electrons. The predicted octanol–water partition coefficient (Wildman–Crippen LogP) is 0.418. The number of piperazine rings is 1. The lowest BCUT2D eigenvalue weighted by Crippen LogP contribution is -2.48. The largest absolute Gasteiger partial charge is 0.352 e. The first-order chi connectivity index (χ1) is 10.7. The molecule has 6 nitrogen and oxygen atoms in total. The molecule has 1 saturated heterocycles. The van der Waals surface area contributed by atoms with E-state index in [1.54, 1.807) is 12.4 Å². The van der Waals surface area contributed by atoms with Crippen molar-refractivity contribution in [3.8, 4) is 0 Å². The summed E-state index contributed by atoms with van der Waals surface area (Å²) in [4.78, 5) is 31.3. The van der Waals surface area contributed by atoms with Crippen molar-refractivity contribution in [2.45, 2.75) is 13.0 Å². The van der Waals surface area contributed by atoms with Gasteiger partial charge in [0, 0.05) is 58.1 Å². The molecule has 0 bridgehead atoms. The number of nitrogens with one attached hydrogen (secondary N) is 1. The molecule has 1 aromatic rings. The van der Waals surface area contributed by atoms with E-state index in [0.29, 0.717) is 13.0 Å². The third-order valence-corrected chi connectivity index (χ3v) is 3.70. The molecule has 22 heavy (non-hydrogen) atoms. The van der Waals surface area contributed by atoms with E-state index in [9.17, 15) is 9.59 Å². The summed E-state index contributed by atoms with van der Waals surface area (Å²) in [5, 5.41) is 2.62. The molecule has 0 aliphatic carbocycles. The summed E-state index contributed by atoms with van der Waals surface area (Å²) in [5.41, 5.74) is 1.24. The Labute approximate surface area is 130 Å². The maximum atomic E-state index is 12.1. The van der Waals surface area contributed by atoms with Gasteiger partial charge in [0.15, 0.2) is 0 Å². The molecule has 2 heterocycles. The van der Waals surface area contributed by atoms with Crippen LogP contribution in [0.3, 0.4) is 0 Å². The van der Waals surface area contributed by atoms with Gasteiger partial charge in [-0.2, -0.15) is 0 Å². The van der Waals surface area contributed by atoms with E-state index in [1.165, 1.54) is 11.6 Å². The highest BCUT2D eigenvalue weighted by molar-refractivity contribution is 5.87. The number of carbonyl (C=O) groups is 2. The molecule has 0 spiro atoms. The van der Waals surface area contributed by atoms with Gasteiger partial charge in [0.1, 0.15) is 0 Å². The molecule has 0 atom stereocenters. The van der Waals surface area contributed by atoms with E-state index in [1.807, 2.05) is 17.0 Å². The first-order valence-electron chi connectivity index (χ1n) is 7.48. The number of hydrogen-bond acceptors (Lipinski definition) is 4. The maximum absolute atomic E-state index is 12.1. The molecule has 1 aromatic heterocycles. The van der Waals surface area contributed by atoms with Crippen LogP contribution < -0.4 is 5.32 Å². The van der Waals surface area contributed by atoms with E-state index in [-0.39, 0.29) is 11.8 Å². The lowest BCUT2D eigenvalue weighted by atomic mass is 10.2. The topological polar surface area (TPSA) is 65.5 Å². The van der Waals surface area contributed by atoms with Crippen LogP contribution in [0.4, 0.5) is 0 Å². The standard InChI is InChI=1S/C16H22N4O2/c1-2-15(21)18-8-5-16(22)20-11-9-19(10-12-20)13-14-3-6-17-7-4-14/h2-4,6-7H,1,5,8-13H2,(H,18,21). The molecule has 1 aliphatic rings. The second-order valence-electron chi connectivity index (χ2n) is 5.26. The average molecular weight is 302 g/mol. The SMILES string of the molecule is C=CC(=O)NCCC(=O)N1CCN(Cc2ccncc2)CC1. The van der Waals surface area contributed by atoms with Gasteiger partial charge in [-0.25, -0.2) is 0 Å². The minimum Gasteiger partial charge on any atom is -0.352 e. The molecule has 0 saturated carbocycles. The Bertz CT molecular complexity index is 510. The summed E-state index contributed by atoms with van der Waals surface area (Å²) in [6.45, 7) is 7.83. The zero-order chi connectivity index (χ0) is 15.8. The Morgan fingerprint density at radius 3 is 2.55 bits per heavy atom. The smallest absolute Gasteiger partial charge is 0.243 e. The highest BCUT2D eigenvalue weighted by Gasteiger charge is 2.20. The molecule has 1 fully saturated rings. The van der Waals surface area contributed by atoms with Crippen LogP contribution in [0.2, 0.25) is 0 Å². The second-order valence-corrected chi connectivity index (χ2v) is 5.26. The number of hydrogen-bond donors (Lipinski definition) is 1. The minimum absolute atomic E-state index is 0.0907. The van der Waals surface area contributed by atoms with Crippen LogP contribution in [-0.2, 0) is 16.1 Å². The Kier molecular flexibility index (Phi) is 6.09. The second kappa shape index (κ2) is 8.29. The van der Waals surface area contributed by atoms with Crippen LogP contribution in [0.1, 0.15) is 12.0 Å². The normalized spacial score (nSPS) is 15.4. The van der Waals surface area contributed by atoms with E-state index in [0.717, 1.165) is 32.7 Å². The van der Waals surface area contributed by atoms with Crippen molar-refractivity contribution in [2.24, 2.45) is 0 Å². The van der Waals surface area contributed by atoms with Crippen LogP contribution in [-0.4, -0.2) is 59.3 Å². The predicted molar refractivity (Wildman–Crippen MR) is 83.9 cm³/mol. The average Bonchev–Trinajstić information content (AvgIpc) is 2.56. The van der Waals surface area contributed by atoms with Crippen molar-refractivity contribution in [3.05, 3.63) is 42.7 Å². The summed E-state index contributed by atoms with van der Waals surface area (Å²) in [5.74, 6) is -0.150. The fourth-order valence-electron chi connectivity index (χ4n) is 2.42. The van der Waals surface area contributed by atoms with Gasteiger partial charge >= 0.3 is 0 Å². The minimum atomic E-state index is -0.241. The first-order valence-corrected chi connectivity index (χ1v) is 7.48. The summed E-state index contributed by atoms with van der Waals surface area (Å²) in [6, 6.07) is 4.03. The van der Waals surface area contributed by atoms with Gasteiger partial charge < -0.3 is 10.2 Å². The van der Waals surface area contributed by atoms with Gasteiger partial charge in [0.25, 0.3) is 0 Å². The summed E-state index contributed by atoms with van der Waals surface area (Å²) in [7, 11) is 0. The van der Waals surface area contributed by atoms with Gasteiger partial charge in [-0.3, -0.25) is 19.5 Å². The monoisotopic (exact) mass is 302 g/mol. The molecule has 1 N–H and O–H groups in total. The van der Waals surface area contributed by atoms with Crippen molar-refractivity contribution in [1.29, 1.82) is 0 Å². The number of nitrogens with zero attached hydrogens (tertiary/aromatic N) is 3. The van der Waals surface area contributed by atoms with Crippen LogP contribution in [0.15, 0.2) is 37.2 Å². The van der Waals surface area contributed by atoms with E-state index in [2.05, 4.69) is 21.8 Å². The van der Waals surface area contributed by atoms with Crippen molar-refractivity contribution in [3.63, 3.8) is 0 Å². The van der Waals surface area contributed by atoms with Crippen molar-refractivity contribution < 1.29 is 9.59 Å². The van der Waals surface area contributed by atoms with Crippen LogP contribution in [0.5, 0.6) is 0 Å². The number of aromatic nitrogens is 1. The molecule has 6 heteroatoms. The fraction of sp³-hybridized carbons (Fsp3) is 0.438. The Morgan fingerprint density at radius 1 is 1.23 bits per heavy atom. The van der Waals surface area contributed by atoms with E-state index in [4.69, 9.17) is 0 Å². The number of pyridine rings is 1. The van der Waals surface area contributed by atoms with Crippen LogP contribution in [0.25, 0.3) is 0 Å².